The quantitative estimate of drug-likeness (QED) is 0.851. The van der Waals surface area contributed by atoms with Gasteiger partial charge in [-0.25, -0.2) is 0 Å². The molecule has 2 saturated carbocycles. The molecule has 0 spiro atoms. The van der Waals surface area contributed by atoms with Gasteiger partial charge < -0.3 is 11.1 Å². The Balaban J connectivity index is 1.44. The van der Waals surface area contributed by atoms with E-state index >= 15 is 0 Å². The van der Waals surface area contributed by atoms with E-state index in [1.165, 1.54) is 24.8 Å². The zero-order valence-electron chi connectivity index (χ0n) is 15.5. The molecule has 1 heterocycles. The van der Waals surface area contributed by atoms with Gasteiger partial charge >= 0.3 is 0 Å². The molecule has 4 unspecified atom stereocenters. The molecular weight excluding hydrogens is 346 g/mol. The summed E-state index contributed by atoms with van der Waals surface area (Å²) in [5, 5.41) is 4.14. The first kappa shape index (κ1) is 18.3. The molecular formula is C21H30ClN3O. The van der Waals surface area contributed by atoms with Crippen LogP contribution in [-0.2, 0) is 4.79 Å². The van der Waals surface area contributed by atoms with Crippen LogP contribution in [0.2, 0.25) is 5.02 Å². The van der Waals surface area contributed by atoms with Gasteiger partial charge in [-0.3, -0.25) is 9.69 Å². The van der Waals surface area contributed by atoms with Gasteiger partial charge in [0.25, 0.3) is 0 Å². The second-order valence-electron chi connectivity index (χ2n) is 8.58. The fraction of sp³-hybridized carbons (Fsp3) is 0.667. The molecule has 5 heteroatoms. The Labute approximate surface area is 161 Å². The lowest BCUT2D eigenvalue weighted by molar-refractivity contribution is -0.128. The highest BCUT2D eigenvalue weighted by atomic mass is 35.5. The second kappa shape index (κ2) is 7.49. The summed E-state index contributed by atoms with van der Waals surface area (Å²) < 4.78 is 0. The maximum atomic E-state index is 13.0. The summed E-state index contributed by atoms with van der Waals surface area (Å²) >= 11 is 6.04. The number of rotatable bonds is 3. The number of hydrogen-bond acceptors (Lipinski definition) is 3. The molecule has 1 aromatic rings. The highest BCUT2D eigenvalue weighted by molar-refractivity contribution is 6.30. The largest absolute Gasteiger partial charge is 0.351 e. The van der Waals surface area contributed by atoms with Gasteiger partial charge in [-0.2, -0.15) is 0 Å². The first-order valence-electron chi connectivity index (χ1n) is 10.0. The van der Waals surface area contributed by atoms with Crippen LogP contribution >= 0.6 is 11.6 Å². The van der Waals surface area contributed by atoms with Gasteiger partial charge in [-0.1, -0.05) is 30.2 Å². The lowest BCUT2D eigenvalue weighted by Crippen LogP contribution is -2.50. The van der Waals surface area contributed by atoms with Gasteiger partial charge in [0, 0.05) is 29.6 Å². The molecule has 4 rings (SSSR count). The summed E-state index contributed by atoms with van der Waals surface area (Å²) in [5.74, 6) is 1.46. The van der Waals surface area contributed by atoms with Crippen LogP contribution in [0.4, 0.5) is 0 Å². The Hall–Kier alpha value is -1.10. The van der Waals surface area contributed by atoms with Crippen molar-refractivity contribution in [3.8, 4) is 0 Å². The summed E-state index contributed by atoms with van der Waals surface area (Å²) in [5.41, 5.74) is 7.61. The monoisotopic (exact) mass is 375 g/mol. The van der Waals surface area contributed by atoms with E-state index in [0.717, 1.165) is 30.8 Å². The van der Waals surface area contributed by atoms with Crippen LogP contribution in [0.5, 0.6) is 0 Å². The number of amides is 1. The van der Waals surface area contributed by atoms with Gasteiger partial charge in [-0.15, -0.1) is 0 Å². The minimum Gasteiger partial charge on any atom is -0.351 e. The van der Waals surface area contributed by atoms with E-state index in [4.69, 9.17) is 17.3 Å². The van der Waals surface area contributed by atoms with Crippen molar-refractivity contribution in [3.63, 3.8) is 0 Å². The van der Waals surface area contributed by atoms with E-state index in [-0.39, 0.29) is 23.9 Å². The van der Waals surface area contributed by atoms with E-state index in [1.54, 1.807) is 0 Å². The molecule has 3 aliphatic rings. The van der Waals surface area contributed by atoms with E-state index in [2.05, 4.69) is 29.4 Å². The summed E-state index contributed by atoms with van der Waals surface area (Å²) in [4.78, 5) is 15.4. The van der Waals surface area contributed by atoms with Crippen LogP contribution in [0.15, 0.2) is 24.3 Å². The smallest absolute Gasteiger partial charge is 0.223 e. The van der Waals surface area contributed by atoms with Crippen molar-refractivity contribution in [2.24, 2.45) is 23.5 Å². The maximum Gasteiger partial charge on any atom is 0.223 e. The molecule has 2 bridgehead atoms. The summed E-state index contributed by atoms with van der Waals surface area (Å²) in [6, 6.07) is 8.74. The lowest BCUT2D eigenvalue weighted by atomic mass is 9.65. The lowest BCUT2D eigenvalue weighted by Gasteiger charge is -2.43. The molecule has 1 amide bonds. The van der Waals surface area contributed by atoms with Gasteiger partial charge in [0.15, 0.2) is 0 Å². The Morgan fingerprint density at radius 3 is 2.46 bits per heavy atom. The van der Waals surface area contributed by atoms with E-state index < -0.39 is 0 Å². The molecule has 142 valence electrons. The average molecular weight is 376 g/mol. The molecule has 0 aromatic heterocycles. The predicted octanol–water partition coefficient (Wildman–Crippen LogP) is 3.36. The van der Waals surface area contributed by atoms with Gasteiger partial charge in [-0.05, 0) is 68.7 Å². The second-order valence-corrected chi connectivity index (χ2v) is 9.01. The molecule has 3 N–H and O–H groups in total. The van der Waals surface area contributed by atoms with Crippen molar-refractivity contribution in [2.75, 3.05) is 13.6 Å². The van der Waals surface area contributed by atoms with Crippen LogP contribution < -0.4 is 11.1 Å². The minimum atomic E-state index is 0.141. The minimum absolute atomic E-state index is 0.141. The number of carbonyl (C=O) groups excluding carboxylic acids is 1. The first-order chi connectivity index (χ1) is 12.5. The third-order valence-electron chi connectivity index (χ3n) is 6.97. The van der Waals surface area contributed by atoms with Crippen LogP contribution in [0.25, 0.3) is 0 Å². The molecule has 2 aliphatic carbocycles. The van der Waals surface area contributed by atoms with Gasteiger partial charge in [0.2, 0.25) is 5.91 Å². The van der Waals surface area contributed by atoms with Crippen molar-refractivity contribution in [3.05, 3.63) is 34.9 Å². The van der Waals surface area contributed by atoms with Crippen molar-refractivity contribution >= 4 is 17.5 Å². The summed E-state index contributed by atoms with van der Waals surface area (Å²) in [6.45, 7) is 0.999. The van der Waals surface area contributed by atoms with Gasteiger partial charge in [0.1, 0.15) is 0 Å². The van der Waals surface area contributed by atoms with Crippen LogP contribution in [0.3, 0.4) is 0 Å². The highest BCUT2D eigenvalue weighted by Crippen LogP contribution is 2.42. The maximum absolute atomic E-state index is 13.0. The number of nitrogens with zero attached hydrogens (tertiary/aromatic N) is 1. The normalized spacial score (nSPS) is 37.5. The fourth-order valence-electron chi connectivity index (χ4n) is 5.55. The Morgan fingerprint density at radius 1 is 1.15 bits per heavy atom. The Kier molecular flexibility index (Phi) is 5.27. The number of hydrogen-bond donors (Lipinski definition) is 2. The van der Waals surface area contributed by atoms with Crippen molar-refractivity contribution in [2.45, 2.75) is 56.7 Å². The standard InChI is InChI=1S/C21H30ClN3O/c1-25-10-9-18(20(25)13-5-7-17(22)8-6-13)24-21(26)16-11-14-3-2-4-15(12-16)19(14)23/h5-8,14-16,18-20H,2-4,9-12,23H2,1H3,(H,24,26). The highest BCUT2D eigenvalue weighted by Gasteiger charge is 2.42. The molecule has 1 saturated heterocycles. The fourth-order valence-corrected chi connectivity index (χ4v) is 5.67. The molecule has 4 nitrogen and oxygen atoms in total. The van der Waals surface area contributed by atoms with Crippen molar-refractivity contribution < 1.29 is 4.79 Å². The Bertz CT molecular complexity index is 635. The van der Waals surface area contributed by atoms with E-state index in [0.29, 0.717) is 17.9 Å². The molecule has 26 heavy (non-hydrogen) atoms. The van der Waals surface area contributed by atoms with Crippen LogP contribution in [0.1, 0.15) is 50.1 Å². The number of carbonyl (C=O) groups is 1. The zero-order valence-corrected chi connectivity index (χ0v) is 16.3. The van der Waals surface area contributed by atoms with E-state index in [1.807, 2.05) is 12.1 Å². The number of nitrogens with one attached hydrogen (secondary N) is 1. The molecule has 3 fully saturated rings. The third-order valence-corrected chi connectivity index (χ3v) is 7.22. The number of likely N-dealkylation sites (tertiary alicyclic amines) is 1. The molecule has 4 atom stereocenters. The van der Waals surface area contributed by atoms with Crippen molar-refractivity contribution in [1.82, 2.24) is 10.2 Å². The SMILES string of the molecule is CN1CCC(NC(=O)C2CC3CCCC(C2)C3N)C1c1ccc(Cl)cc1. The molecule has 0 radical (unpaired) electrons. The van der Waals surface area contributed by atoms with Crippen molar-refractivity contribution in [1.29, 1.82) is 0 Å². The summed E-state index contributed by atoms with van der Waals surface area (Å²) in [7, 11) is 2.13. The Morgan fingerprint density at radius 2 is 1.81 bits per heavy atom. The number of nitrogens with two attached hydrogens (primary N) is 1. The first-order valence-corrected chi connectivity index (χ1v) is 10.4. The van der Waals surface area contributed by atoms with E-state index in [9.17, 15) is 4.79 Å². The summed E-state index contributed by atoms with van der Waals surface area (Å²) in [6.07, 6.45) is 6.61. The molecule has 1 aromatic carbocycles. The number of benzene rings is 1. The van der Waals surface area contributed by atoms with Crippen LogP contribution in [-0.4, -0.2) is 36.5 Å². The van der Waals surface area contributed by atoms with Crippen LogP contribution in [0, 0.1) is 17.8 Å². The molecule has 1 aliphatic heterocycles. The number of halogens is 1. The topological polar surface area (TPSA) is 58.4 Å². The number of fused-ring (bicyclic) bond motifs is 2. The predicted molar refractivity (Wildman–Crippen MR) is 105 cm³/mol. The third kappa shape index (κ3) is 3.51. The zero-order chi connectivity index (χ0) is 18.3. The average Bonchev–Trinajstić information content (AvgIpc) is 2.96. The number of likely N-dealkylation sites (N-methyl/N-ethyl adjacent to an activating group) is 1. The van der Waals surface area contributed by atoms with Gasteiger partial charge in [0.05, 0.1) is 6.04 Å².